The van der Waals surface area contributed by atoms with Gasteiger partial charge in [0.1, 0.15) is 12.6 Å². The lowest BCUT2D eigenvalue weighted by molar-refractivity contribution is -0.138. The Morgan fingerprint density at radius 1 is 1.42 bits per heavy atom. The Morgan fingerprint density at radius 3 is 2.95 bits per heavy atom. The molecule has 1 aromatic heterocycles. The van der Waals surface area contributed by atoms with Crippen LogP contribution in [-0.2, 0) is 22.4 Å². The predicted molar refractivity (Wildman–Crippen MR) is 70.0 cm³/mol. The lowest BCUT2D eigenvalue weighted by atomic mass is 10.2. The molecule has 1 N–H and O–H groups in total. The van der Waals surface area contributed by atoms with E-state index in [1.54, 1.807) is 6.92 Å². The third kappa shape index (κ3) is 2.06. The van der Waals surface area contributed by atoms with Crippen LogP contribution in [0.1, 0.15) is 33.5 Å². The van der Waals surface area contributed by atoms with Crippen molar-refractivity contribution in [1.82, 2.24) is 10.2 Å². The van der Waals surface area contributed by atoms with E-state index in [2.05, 4.69) is 5.32 Å². The molecular weight excluding hydrogens is 264 g/mol. The Hall–Kier alpha value is -1.69. The second-order valence-electron chi connectivity index (χ2n) is 4.93. The van der Waals surface area contributed by atoms with Crippen LogP contribution in [0.5, 0.6) is 0 Å². The van der Waals surface area contributed by atoms with Crippen LogP contribution >= 0.6 is 11.3 Å². The van der Waals surface area contributed by atoms with E-state index in [0.717, 1.165) is 19.3 Å². The molecule has 2 aliphatic rings. The van der Waals surface area contributed by atoms with Gasteiger partial charge in [-0.2, -0.15) is 0 Å². The van der Waals surface area contributed by atoms with Crippen molar-refractivity contribution >= 4 is 29.1 Å². The van der Waals surface area contributed by atoms with Crippen LogP contribution in [0.15, 0.2) is 6.07 Å². The van der Waals surface area contributed by atoms with Crippen molar-refractivity contribution in [3.8, 4) is 0 Å². The summed E-state index contributed by atoms with van der Waals surface area (Å²) < 4.78 is 0. The highest BCUT2D eigenvalue weighted by Crippen LogP contribution is 2.31. The van der Waals surface area contributed by atoms with Gasteiger partial charge in [0.2, 0.25) is 11.8 Å². The predicted octanol–water partition coefficient (Wildman–Crippen LogP) is 0.724. The van der Waals surface area contributed by atoms with E-state index < -0.39 is 17.9 Å². The number of amides is 3. The number of aryl methyl sites for hydroxylation is 2. The third-order valence-electron chi connectivity index (χ3n) is 3.64. The molecule has 1 saturated heterocycles. The molecule has 2 heterocycles. The first kappa shape index (κ1) is 12.3. The van der Waals surface area contributed by atoms with Crippen LogP contribution in [0.4, 0.5) is 0 Å². The standard InChI is InChI=1S/C13H14N2O3S/c1-7-12(17)14-11(16)6-15(7)13(18)10-5-8-3-2-4-9(8)19-10/h5,7H,2-4,6H2,1H3,(H,14,16,17). The maximum atomic E-state index is 12.4. The summed E-state index contributed by atoms with van der Waals surface area (Å²) >= 11 is 1.49. The number of hydrogen-bond donors (Lipinski definition) is 1. The zero-order valence-electron chi connectivity index (χ0n) is 10.6. The first-order valence-electron chi connectivity index (χ1n) is 6.32. The van der Waals surface area contributed by atoms with Gasteiger partial charge < -0.3 is 4.90 Å². The molecule has 1 aliphatic heterocycles. The van der Waals surface area contributed by atoms with Gasteiger partial charge >= 0.3 is 0 Å². The quantitative estimate of drug-likeness (QED) is 0.770. The van der Waals surface area contributed by atoms with Crippen molar-refractivity contribution in [2.45, 2.75) is 32.2 Å². The van der Waals surface area contributed by atoms with Gasteiger partial charge in [0.25, 0.3) is 5.91 Å². The van der Waals surface area contributed by atoms with E-state index in [-0.39, 0.29) is 12.5 Å². The van der Waals surface area contributed by atoms with Gasteiger partial charge in [-0.3, -0.25) is 19.7 Å². The monoisotopic (exact) mass is 278 g/mol. The Kier molecular flexibility index (Phi) is 2.89. The number of nitrogens with one attached hydrogen (secondary N) is 1. The number of fused-ring (bicyclic) bond motifs is 1. The zero-order chi connectivity index (χ0) is 13.6. The molecular formula is C13H14N2O3S. The summed E-state index contributed by atoms with van der Waals surface area (Å²) in [7, 11) is 0. The van der Waals surface area contributed by atoms with Crippen LogP contribution in [0.25, 0.3) is 0 Å². The highest BCUT2D eigenvalue weighted by atomic mass is 32.1. The number of nitrogens with zero attached hydrogens (tertiary/aromatic N) is 1. The highest BCUT2D eigenvalue weighted by Gasteiger charge is 2.35. The van der Waals surface area contributed by atoms with Gasteiger partial charge in [-0.15, -0.1) is 11.3 Å². The molecule has 0 spiro atoms. The Balaban J connectivity index is 1.86. The lowest BCUT2D eigenvalue weighted by Gasteiger charge is -2.31. The van der Waals surface area contributed by atoms with Crippen molar-refractivity contribution in [3.05, 3.63) is 21.4 Å². The number of carbonyl (C=O) groups excluding carboxylic acids is 3. The van der Waals surface area contributed by atoms with Crippen LogP contribution in [0.3, 0.4) is 0 Å². The summed E-state index contributed by atoms with van der Waals surface area (Å²) in [6, 6.07) is 1.32. The molecule has 5 nitrogen and oxygen atoms in total. The normalized spacial score (nSPS) is 22.4. The second-order valence-corrected chi connectivity index (χ2v) is 6.07. The average Bonchev–Trinajstić information content (AvgIpc) is 2.93. The smallest absolute Gasteiger partial charge is 0.265 e. The fourth-order valence-electron chi connectivity index (χ4n) is 2.54. The summed E-state index contributed by atoms with van der Waals surface area (Å²) in [5.74, 6) is -1.04. The van der Waals surface area contributed by atoms with Gasteiger partial charge in [-0.1, -0.05) is 0 Å². The summed E-state index contributed by atoms with van der Waals surface area (Å²) in [6.07, 6.45) is 3.20. The Labute approximate surface area is 114 Å². The summed E-state index contributed by atoms with van der Waals surface area (Å²) in [5.41, 5.74) is 1.24. The van der Waals surface area contributed by atoms with Gasteiger partial charge in [-0.25, -0.2) is 0 Å². The van der Waals surface area contributed by atoms with E-state index in [4.69, 9.17) is 0 Å². The van der Waals surface area contributed by atoms with E-state index in [1.165, 1.54) is 26.7 Å². The molecule has 6 heteroatoms. The maximum Gasteiger partial charge on any atom is 0.265 e. The molecule has 1 aromatic rings. The van der Waals surface area contributed by atoms with Crippen LogP contribution in [-0.4, -0.2) is 35.2 Å². The number of imide groups is 1. The van der Waals surface area contributed by atoms with Crippen LogP contribution < -0.4 is 5.32 Å². The number of thiophene rings is 1. The van der Waals surface area contributed by atoms with E-state index in [1.807, 2.05) is 6.07 Å². The first-order chi connectivity index (χ1) is 9.06. The molecule has 3 amide bonds. The number of rotatable bonds is 1. The fraction of sp³-hybridized carbons (Fsp3) is 0.462. The van der Waals surface area contributed by atoms with Gasteiger partial charge in [-0.05, 0) is 37.8 Å². The number of hydrogen-bond acceptors (Lipinski definition) is 4. The largest absolute Gasteiger partial charge is 0.317 e. The molecule has 0 saturated carbocycles. The number of piperazine rings is 1. The fourth-order valence-corrected chi connectivity index (χ4v) is 3.75. The van der Waals surface area contributed by atoms with Crippen molar-refractivity contribution in [2.24, 2.45) is 0 Å². The summed E-state index contributed by atoms with van der Waals surface area (Å²) in [6.45, 7) is 1.59. The average molecular weight is 278 g/mol. The molecule has 3 rings (SSSR count). The maximum absolute atomic E-state index is 12.4. The van der Waals surface area contributed by atoms with Crippen molar-refractivity contribution in [3.63, 3.8) is 0 Å². The molecule has 100 valence electrons. The lowest BCUT2D eigenvalue weighted by Crippen LogP contribution is -2.58. The SMILES string of the molecule is CC1C(=O)NC(=O)CN1C(=O)c1cc2c(s1)CCC2. The zero-order valence-corrected chi connectivity index (χ0v) is 11.4. The molecule has 0 bridgehead atoms. The Morgan fingerprint density at radius 2 is 2.21 bits per heavy atom. The van der Waals surface area contributed by atoms with Gasteiger partial charge in [0.05, 0.1) is 4.88 Å². The molecule has 1 aliphatic carbocycles. The molecule has 19 heavy (non-hydrogen) atoms. The van der Waals surface area contributed by atoms with Crippen molar-refractivity contribution in [1.29, 1.82) is 0 Å². The second kappa shape index (κ2) is 4.45. The first-order valence-corrected chi connectivity index (χ1v) is 7.14. The topological polar surface area (TPSA) is 66.5 Å². The highest BCUT2D eigenvalue weighted by molar-refractivity contribution is 7.14. The van der Waals surface area contributed by atoms with E-state index >= 15 is 0 Å². The van der Waals surface area contributed by atoms with Crippen LogP contribution in [0.2, 0.25) is 0 Å². The summed E-state index contributed by atoms with van der Waals surface area (Å²) in [5, 5.41) is 2.24. The Bertz CT molecular complexity index is 557. The molecule has 0 radical (unpaired) electrons. The molecule has 1 atom stereocenters. The van der Waals surface area contributed by atoms with E-state index in [0.29, 0.717) is 4.88 Å². The minimum absolute atomic E-state index is 0.0473. The van der Waals surface area contributed by atoms with Crippen molar-refractivity contribution in [2.75, 3.05) is 6.54 Å². The molecule has 0 aromatic carbocycles. The molecule has 1 fully saturated rings. The minimum atomic E-state index is -0.595. The van der Waals surface area contributed by atoms with Gasteiger partial charge in [0.15, 0.2) is 0 Å². The van der Waals surface area contributed by atoms with Gasteiger partial charge in [0, 0.05) is 4.88 Å². The summed E-state index contributed by atoms with van der Waals surface area (Å²) in [4.78, 5) is 38.6. The third-order valence-corrected chi connectivity index (χ3v) is 4.87. The van der Waals surface area contributed by atoms with E-state index in [9.17, 15) is 14.4 Å². The van der Waals surface area contributed by atoms with Crippen molar-refractivity contribution < 1.29 is 14.4 Å². The number of carbonyl (C=O) groups is 3. The minimum Gasteiger partial charge on any atom is -0.317 e. The molecule has 1 unspecified atom stereocenters. The van der Waals surface area contributed by atoms with Crippen LogP contribution in [0, 0.1) is 0 Å².